The first-order valence-corrected chi connectivity index (χ1v) is 9.53. The normalized spacial score (nSPS) is 17.3. The van der Waals surface area contributed by atoms with Crippen molar-refractivity contribution >= 4 is 11.7 Å². The summed E-state index contributed by atoms with van der Waals surface area (Å²) in [7, 11) is 0. The fraction of sp³-hybridized carbons (Fsp3) is 0.350. The second kappa shape index (κ2) is 7.96. The molecular weight excluding hydrogens is 370 g/mol. The van der Waals surface area contributed by atoms with Crippen LogP contribution >= 0.6 is 0 Å². The van der Waals surface area contributed by atoms with Gasteiger partial charge in [-0.05, 0) is 32.9 Å². The van der Waals surface area contributed by atoms with E-state index in [9.17, 15) is 4.79 Å². The van der Waals surface area contributed by atoms with Crippen molar-refractivity contribution in [2.75, 3.05) is 24.7 Å². The maximum atomic E-state index is 13.3. The van der Waals surface area contributed by atoms with Crippen LogP contribution in [0.5, 0.6) is 0 Å². The Balaban J connectivity index is 1.57. The maximum absolute atomic E-state index is 13.3. The molecule has 1 fully saturated rings. The van der Waals surface area contributed by atoms with Gasteiger partial charge in [-0.3, -0.25) is 9.63 Å². The van der Waals surface area contributed by atoms with Gasteiger partial charge in [-0.25, -0.2) is 15.0 Å². The summed E-state index contributed by atoms with van der Waals surface area (Å²) < 4.78 is 0. The van der Waals surface area contributed by atoms with E-state index in [2.05, 4.69) is 20.2 Å². The molecule has 150 valence electrons. The number of anilines is 1. The molecule has 1 atom stereocenters. The van der Waals surface area contributed by atoms with Crippen molar-refractivity contribution in [1.82, 2.24) is 29.9 Å². The number of para-hydroxylation sites is 1. The van der Waals surface area contributed by atoms with Gasteiger partial charge in [0.2, 0.25) is 0 Å². The Morgan fingerprint density at radius 3 is 2.62 bits per heavy atom. The van der Waals surface area contributed by atoms with Crippen LogP contribution in [-0.2, 0) is 4.84 Å². The first-order chi connectivity index (χ1) is 14.0. The van der Waals surface area contributed by atoms with Crippen molar-refractivity contribution in [3.63, 3.8) is 0 Å². The number of rotatable bonds is 3. The van der Waals surface area contributed by atoms with Gasteiger partial charge in [0, 0.05) is 24.8 Å². The molecule has 1 aromatic carbocycles. The zero-order valence-corrected chi connectivity index (χ0v) is 16.7. The van der Waals surface area contributed by atoms with E-state index in [0.717, 1.165) is 5.69 Å². The summed E-state index contributed by atoms with van der Waals surface area (Å²) in [6, 6.07) is 9.23. The average molecular weight is 393 g/mol. The molecule has 3 aromatic rings. The van der Waals surface area contributed by atoms with E-state index in [-0.39, 0.29) is 12.0 Å². The number of aromatic nitrogens is 5. The van der Waals surface area contributed by atoms with Gasteiger partial charge >= 0.3 is 0 Å². The summed E-state index contributed by atoms with van der Waals surface area (Å²) in [5.41, 5.74) is 2.08. The summed E-state index contributed by atoms with van der Waals surface area (Å²) in [6.45, 7) is 7.21. The second-order valence-electron chi connectivity index (χ2n) is 7.02. The Labute approximate surface area is 168 Å². The quantitative estimate of drug-likeness (QED) is 0.672. The zero-order chi connectivity index (χ0) is 20.4. The molecule has 0 radical (unpaired) electrons. The zero-order valence-electron chi connectivity index (χ0n) is 16.7. The Morgan fingerprint density at radius 1 is 1.10 bits per heavy atom. The van der Waals surface area contributed by atoms with Gasteiger partial charge in [-0.1, -0.05) is 12.1 Å². The van der Waals surface area contributed by atoms with Gasteiger partial charge in [0.15, 0.2) is 5.82 Å². The molecule has 29 heavy (non-hydrogen) atoms. The second-order valence-corrected chi connectivity index (χ2v) is 7.02. The van der Waals surface area contributed by atoms with Crippen molar-refractivity contribution in [3.05, 3.63) is 59.8 Å². The van der Waals surface area contributed by atoms with Crippen LogP contribution in [0.15, 0.2) is 42.7 Å². The molecular formula is C20H23N7O2. The summed E-state index contributed by atoms with van der Waals surface area (Å²) >= 11 is 0. The minimum Gasteiger partial charge on any atom is -0.334 e. The predicted octanol–water partition coefficient (Wildman–Crippen LogP) is 1.96. The molecule has 1 amide bonds. The van der Waals surface area contributed by atoms with Gasteiger partial charge in [-0.15, -0.1) is 0 Å². The Hall–Kier alpha value is -3.33. The molecule has 4 rings (SSSR count). The Kier molecular flexibility index (Phi) is 5.22. The molecule has 2 aromatic heterocycles. The van der Waals surface area contributed by atoms with Gasteiger partial charge in [0.25, 0.3) is 5.91 Å². The Bertz CT molecular complexity index is 986. The number of aryl methyl sites for hydroxylation is 2. The van der Waals surface area contributed by atoms with E-state index in [1.165, 1.54) is 4.80 Å². The molecule has 0 spiro atoms. The SMILES string of the molecule is Cc1cc(N2CCN(C(=O)c3ccccc3-n3nccn3)C[C@H](C)O2)nc(C)n1. The van der Waals surface area contributed by atoms with E-state index in [4.69, 9.17) is 4.84 Å². The number of carbonyl (C=O) groups excluding carboxylic acids is 1. The molecule has 3 heterocycles. The molecule has 0 bridgehead atoms. The van der Waals surface area contributed by atoms with Gasteiger partial charge in [0.05, 0.1) is 30.2 Å². The molecule has 0 N–H and O–H groups in total. The van der Waals surface area contributed by atoms with Crippen LogP contribution in [-0.4, -0.2) is 61.5 Å². The molecule has 1 aliphatic rings. The number of hydrogen-bond acceptors (Lipinski definition) is 7. The molecule has 1 saturated heterocycles. The minimum absolute atomic E-state index is 0.0785. The molecule has 9 heteroatoms. The smallest absolute Gasteiger partial charge is 0.256 e. The van der Waals surface area contributed by atoms with Gasteiger partial charge in [-0.2, -0.15) is 15.0 Å². The summed E-state index contributed by atoms with van der Waals surface area (Å²) in [5.74, 6) is 1.32. The lowest BCUT2D eigenvalue weighted by molar-refractivity contribution is 0.0422. The standard InChI is InChI=1S/C20H23N7O2/c1-14-12-19(24-16(3)23-14)26-11-10-25(13-15(2)29-26)20(28)17-6-4-5-7-18(17)27-21-8-9-22-27/h4-9,12,15H,10-11,13H2,1-3H3/t15-/m0/s1. The minimum atomic E-state index is -0.188. The third-order valence-corrected chi connectivity index (χ3v) is 4.62. The molecule has 0 unspecified atom stereocenters. The van der Waals surface area contributed by atoms with E-state index >= 15 is 0 Å². The fourth-order valence-corrected chi connectivity index (χ4v) is 3.43. The van der Waals surface area contributed by atoms with E-state index < -0.39 is 0 Å². The van der Waals surface area contributed by atoms with Crippen LogP contribution in [0.1, 0.15) is 28.8 Å². The topological polar surface area (TPSA) is 89.3 Å². The maximum Gasteiger partial charge on any atom is 0.256 e. The molecule has 0 aliphatic carbocycles. The summed E-state index contributed by atoms with van der Waals surface area (Å²) in [4.78, 5) is 31.4. The van der Waals surface area contributed by atoms with Crippen LogP contribution in [0.4, 0.5) is 5.82 Å². The van der Waals surface area contributed by atoms with Gasteiger partial charge in [0.1, 0.15) is 11.9 Å². The van der Waals surface area contributed by atoms with Crippen LogP contribution < -0.4 is 5.06 Å². The lowest BCUT2D eigenvalue weighted by Crippen LogP contribution is -2.37. The average Bonchev–Trinajstić information content (AvgIpc) is 3.16. The monoisotopic (exact) mass is 393 g/mol. The third-order valence-electron chi connectivity index (χ3n) is 4.62. The van der Waals surface area contributed by atoms with E-state index in [0.29, 0.717) is 42.5 Å². The first kappa shape index (κ1) is 19.0. The van der Waals surface area contributed by atoms with Crippen LogP contribution in [0.25, 0.3) is 5.69 Å². The highest BCUT2D eigenvalue weighted by Gasteiger charge is 2.27. The number of hydroxylamine groups is 1. The van der Waals surface area contributed by atoms with Crippen molar-refractivity contribution < 1.29 is 9.63 Å². The van der Waals surface area contributed by atoms with Crippen LogP contribution in [0, 0.1) is 13.8 Å². The number of carbonyl (C=O) groups is 1. The van der Waals surface area contributed by atoms with Crippen LogP contribution in [0.2, 0.25) is 0 Å². The third kappa shape index (κ3) is 4.09. The van der Waals surface area contributed by atoms with E-state index in [1.807, 2.05) is 45.0 Å². The lowest BCUT2D eigenvalue weighted by Gasteiger charge is -2.22. The predicted molar refractivity (Wildman–Crippen MR) is 107 cm³/mol. The molecule has 9 nitrogen and oxygen atoms in total. The summed E-state index contributed by atoms with van der Waals surface area (Å²) in [6.07, 6.45) is 2.99. The first-order valence-electron chi connectivity index (χ1n) is 9.53. The molecule has 1 aliphatic heterocycles. The van der Waals surface area contributed by atoms with Crippen molar-refractivity contribution in [2.45, 2.75) is 26.9 Å². The fourth-order valence-electron chi connectivity index (χ4n) is 3.43. The number of benzene rings is 1. The highest BCUT2D eigenvalue weighted by atomic mass is 16.7. The largest absolute Gasteiger partial charge is 0.334 e. The van der Waals surface area contributed by atoms with E-state index in [1.54, 1.807) is 28.4 Å². The number of nitrogens with zero attached hydrogens (tertiary/aromatic N) is 7. The molecule has 0 saturated carbocycles. The number of amides is 1. The van der Waals surface area contributed by atoms with Crippen molar-refractivity contribution in [3.8, 4) is 5.69 Å². The van der Waals surface area contributed by atoms with Crippen molar-refractivity contribution in [2.24, 2.45) is 0 Å². The van der Waals surface area contributed by atoms with Gasteiger partial charge < -0.3 is 4.90 Å². The summed E-state index contributed by atoms with van der Waals surface area (Å²) in [5, 5.41) is 10.1. The Morgan fingerprint density at radius 2 is 1.86 bits per heavy atom. The lowest BCUT2D eigenvalue weighted by atomic mass is 10.1. The highest BCUT2D eigenvalue weighted by molar-refractivity contribution is 5.97. The number of hydrogen-bond donors (Lipinski definition) is 0. The highest BCUT2D eigenvalue weighted by Crippen LogP contribution is 2.20. The van der Waals surface area contributed by atoms with Crippen LogP contribution in [0.3, 0.4) is 0 Å². The van der Waals surface area contributed by atoms with Crippen molar-refractivity contribution in [1.29, 1.82) is 0 Å².